The van der Waals surface area contributed by atoms with Crippen molar-refractivity contribution in [3.8, 4) is 0 Å². The molecule has 0 aromatic carbocycles. The Labute approximate surface area is 92.5 Å². The molecule has 0 N–H and O–H groups in total. The van der Waals surface area contributed by atoms with Crippen molar-refractivity contribution >= 4 is 5.78 Å². The highest BCUT2D eigenvalue weighted by Crippen LogP contribution is 2.04. The molecule has 0 amide bonds. The summed E-state index contributed by atoms with van der Waals surface area (Å²) in [7, 11) is 0. The van der Waals surface area contributed by atoms with Crippen molar-refractivity contribution in [1.82, 2.24) is 15.1 Å². The zero-order valence-corrected chi connectivity index (χ0v) is 8.88. The Morgan fingerprint density at radius 1 is 1.44 bits per heavy atom. The van der Waals surface area contributed by atoms with Crippen molar-refractivity contribution in [2.45, 2.75) is 19.8 Å². The number of rotatable bonds is 4. The van der Waals surface area contributed by atoms with E-state index in [0.29, 0.717) is 18.1 Å². The molecule has 2 aromatic rings. The number of hydrogen-bond acceptors (Lipinski definition) is 5. The molecule has 2 heterocycles. The summed E-state index contributed by atoms with van der Waals surface area (Å²) in [5.41, 5.74) is 0.873. The molecular formula is C11H11N3O2. The zero-order valence-electron chi connectivity index (χ0n) is 8.88. The molecule has 0 saturated carbocycles. The van der Waals surface area contributed by atoms with Crippen molar-refractivity contribution in [2.24, 2.45) is 0 Å². The summed E-state index contributed by atoms with van der Waals surface area (Å²) in [5, 5.41) is 3.79. The molecule has 0 bridgehead atoms. The molecule has 0 unspecified atom stereocenters. The van der Waals surface area contributed by atoms with Crippen molar-refractivity contribution in [3.05, 3.63) is 41.8 Å². The van der Waals surface area contributed by atoms with Gasteiger partial charge < -0.3 is 4.52 Å². The molecule has 82 valence electrons. The van der Waals surface area contributed by atoms with Crippen LogP contribution in [-0.2, 0) is 17.6 Å². The van der Waals surface area contributed by atoms with Crippen LogP contribution in [-0.4, -0.2) is 20.9 Å². The number of carbonyl (C=O) groups excluding carboxylic acids is 1. The van der Waals surface area contributed by atoms with Gasteiger partial charge in [0.15, 0.2) is 5.82 Å². The average molecular weight is 217 g/mol. The molecule has 5 heteroatoms. The Morgan fingerprint density at radius 3 is 3.00 bits per heavy atom. The second-order valence-corrected chi connectivity index (χ2v) is 3.48. The molecule has 0 aliphatic heterocycles. The molecule has 2 rings (SSSR count). The van der Waals surface area contributed by atoms with E-state index in [2.05, 4.69) is 15.1 Å². The van der Waals surface area contributed by atoms with Gasteiger partial charge in [-0.3, -0.25) is 9.78 Å². The van der Waals surface area contributed by atoms with Gasteiger partial charge in [0.05, 0.1) is 12.8 Å². The van der Waals surface area contributed by atoms with Gasteiger partial charge in [0.25, 0.3) is 0 Å². The van der Waals surface area contributed by atoms with Gasteiger partial charge in [-0.15, -0.1) is 0 Å². The van der Waals surface area contributed by atoms with E-state index < -0.39 is 0 Å². The monoisotopic (exact) mass is 217 g/mol. The number of hydrogen-bond donors (Lipinski definition) is 0. The third kappa shape index (κ3) is 2.73. The van der Waals surface area contributed by atoms with E-state index in [9.17, 15) is 4.79 Å². The first-order valence-corrected chi connectivity index (χ1v) is 4.95. The largest absolute Gasteiger partial charge is 0.339 e. The first kappa shape index (κ1) is 10.5. The maximum atomic E-state index is 10.8. The van der Waals surface area contributed by atoms with Gasteiger partial charge in [-0.25, -0.2) is 0 Å². The van der Waals surface area contributed by atoms with E-state index in [1.54, 1.807) is 6.20 Å². The lowest BCUT2D eigenvalue weighted by Gasteiger charge is -1.92. The molecule has 16 heavy (non-hydrogen) atoms. The van der Waals surface area contributed by atoms with Gasteiger partial charge >= 0.3 is 0 Å². The lowest BCUT2D eigenvalue weighted by molar-refractivity contribution is -0.116. The SMILES string of the molecule is CC(=O)Cc1nc(Cc2ccccn2)no1. The molecule has 5 nitrogen and oxygen atoms in total. The van der Waals surface area contributed by atoms with Crippen LogP contribution >= 0.6 is 0 Å². The predicted octanol–water partition coefficient (Wildman–Crippen LogP) is 1.19. The quantitative estimate of drug-likeness (QED) is 0.769. The summed E-state index contributed by atoms with van der Waals surface area (Å²) >= 11 is 0. The Bertz CT molecular complexity index is 479. The van der Waals surface area contributed by atoms with Crippen LogP contribution < -0.4 is 0 Å². The number of aromatic nitrogens is 3. The first-order chi connectivity index (χ1) is 7.74. The minimum absolute atomic E-state index is 0.00744. The molecule has 2 aromatic heterocycles. The van der Waals surface area contributed by atoms with Crippen LogP contribution in [0, 0.1) is 0 Å². The van der Waals surface area contributed by atoms with Crippen LogP contribution in [0.15, 0.2) is 28.9 Å². The number of carbonyl (C=O) groups is 1. The average Bonchev–Trinajstić information content (AvgIpc) is 2.66. The van der Waals surface area contributed by atoms with Crippen LogP contribution in [0.25, 0.3) is 0 Å². The smallest absolute Gasteiger partial charge is 0.234 e. The van der Waals surface area contributed by atoms with E-state index in [1.807, 2.05) is 18.2 Å². The van der Waals surface area contributed by atoms with Crippen molar-refractivity contribution in [2.75, 3.05) is 0 Å². The fourth-order valence-electron chi connectivity index (χ4n) is 1.31. The highest BCUT2D eigenvalue weighted by molar-refractivity contribution is 5.77. The Kier molecular flexibility index (Phi) is 3.05. The Morgan fingerprint density at radius 2 is 2.31 bits per heavy atom. The third-order valence-corrected chi connectivity index (χ3v) is 1.98. The van der Waals surface area contributed by atoms with E-state index in [0.717, 1.165) is 5.69 Å². The van der Waals surface area contributed by atoms with E-state index in [4.69, 9.17) is 4.52 Å². The second-order valence-electron chi connectivity index (χ2n) is 3.48. The number of pyridine rings is 1. The standard InChI is InChI=1S/C11H11N3O2/c1-8(15)6-11-13-10(14-16-11)7-9-4-2-3-5-12-9/h2-5H,6-7H2,1H3. The minimum Gasteiger partial charge on any atom is -0.339 e. The maximum absolute atomic E-state index is 10.8. The number of ketones is 1. The fraction of sp³-hybridized carbons (Fsp3) is 0.273. The predicted molar refractivity (Wildman–Crippen MR) is 55.7 cm³/mol. The summed E-state index contributed by atoms with van der Waals surface area (Å²) in [6, 6.07) is 5.64. The van der Waals surface area contributed by atoms with Gasteiger partial charge in [0.2, 0.25) is 5.89 Å². The van der Waals surface area contributed by atoms with E-state index >= 15 is 0 Å². The number of nitrogens with zero attached hydrogens (tertiary/aromatic N) is 3. The van der Waals surface area contributed by atoms with Gasteiger partial charge in [0, 0.05) is 11.9 Å². The molecular weight excluding hydrogens is 206 g/mol. The summed E-state index contributed by atoms with van der Waals surface area (Å²) in [5.74, 6) is 0.918. The van der Waals surface area contributed by atoms with Crippen molar-refractivity contribution in [3.63, 3.8) is 0 Å². The molecule has 0 spiro atoms. The minimum atomic E-state index is 0.00744. The fourth-order valence-corrected chi connectivity index (χ4v) is 1.31. The molecule has 0 fully saturated rings. The second kappa shape index (κ2) is 4.65. The lowest BCUT2D eigenvalue weighted by atomic mass is 10.2. The molecule has 0 atom stereocenters. The van der Waals surface area contributed by atoms with Crippen LogP contribution in [0.4, 0.5) is 0 Å². The summed E-state index contributed by atoms with van der Waals surface area (Å²) < 4.78 is 4.94. The molecule has 0 saturated heterocycles. The molecule has 0 radical (unpaired) electrons. The third-order valence-electron chi connectivity index (χ3n) is 1.98. The van der Waals surface area contributed by atoms with Gasteiger partial charge in [-0.05, 0) is 19.1 Å². The van der Waals surface area contributed by atoms with Gasteiger partial charge in [-0.2, -0.15) is 4.98 Å². The van der Waals surface area contributed by atoms with E-state index in [1.165, 1.54) is 6.92 Å². The maximum Gasteiger partial charge on any atom is 0.234 e. The van der Waals surface area contributed by atoms with Crippen LogP contribution in [0.2, 0.25) is 0 Å². The lowest BCUT2D eigenvalue weighted by Crippen LogP contribution is -1.97. The van der Waals surface area contributed by atoms with Gasteiger partial charge in [-0.1, -0.05) is 11.2 Å². The van der Waals surface area contributed by atoms with Gasteiger partial charge in [0.1, 0.15) is 5.78 Å². The van der Waals surface area contributed by atoms with Crippen LogP contribution in [0.3, 0.4) is 0 Å². The summed E-state index contributed by atoms with van der Waals surface area (Å²) in [4.78, 5) is 19.1. The van der Waals surface area contributed by atoms with E-state index in [-0.39, 0.29) is 12.2 Å². The van der Waals surface area contributed by atoms with Crippen LogP contribution in [0.5, 0.6) is 0 Å². The first-order valence-electron chi connectivity index (χ1n) is 4.95. The van der Waals surface area contributed by atoms with Crippen molar-refractivity contribution in [1.29, 1.82) is 0 Å². The van der Waals surface area contributed by atoms with Crippen molar-refractivity contribution < 1.29 is 9.32 Å². The summed E-state index contributed by atoms with van der Waals surface area (Å²) in [6.07, 6.45) is 2.42. The Hall–Kier alpha value is -2.04. The number of Topliss-reactive ketones (excluding diaryl/α,β-unsaturated/α-hetero) is 1. The summed E-state index contributed by atoms with van der Waals surface area (Å²) in [6.45, 7) is 1.49. The topological polar surface area (TPSA) is 68.9 Å². The Balaban J connectivity index is 2.06. The zero-order chi connectivity index (χ0) is 11.4. The molecule has 0 aliphatic rings. The highest BCUT2D eigenvalue weighted by Gasteiger charge is 2.09. The normalized spacial score (nSPS) is 10.3. The van der Waals surface area contributed by atoms with Crippen LogP contribution in [0.1, 0.15) is 24.3 Å². The molecule has 0 aliphatic carbocycles. The highest BCUT2D eigenvalue weighted by atomic mass is 16.5.